The molecule has 5 aromatic carbocycles. The summed E-state index contributed by atoms with van der Waals surface area (Å²) in [6.45, 7) is 9.87. The van der Waals surface area contributed by atoms with Crippen LogP contribution in [-0.2, 0) is 16.2 Å². The van der Waals surface area contributed by atoms with Gasteiger partial charge in [0.25, 0.3) is 0 Å². The molecular weight excluding hydrogens is 567 g/mol. The predicted octanol–water partition coefficient (Wildman–Crippen LogP) is 12.4. The van der Waals surface area contributed by atoms with Gasteiger partial charge in [0.15, 0.2) is 0 Å². The molecule has 4 fully saturated rings. The Morgan fingerprint density at radius 2 is 1.15 bits per heavy atom. The van der Waals surface area contributed by atoms with E-state index in [1.807, 2.05) is 0 Å². The quantitative estimate of drug-likeness (QED) is 0.196. The second-order valence-electron chi connectivity index (χ2n) is 17.3. The third kappa shape index (κ3) is 3.78. The van der Waals surface area contributed by atoms with E-state index in [-0.39, 0.29) is 16.2 Å². The van der Waals surface area contributed by atoms with Crippen molar-refractivity contribution in [2.75, 3.05) is 4.90 Å². The van der Waals surface area contributed by atoms with Crippen LogP contribution in [-0.4, -0.2) is 0 Å². The first-order valence-electron chi connectivity index (χ1n) is 18.4. The number of hydrogen-bond donors (Lipinski definition) is 0. The van der Waals surface area contributed by atoms with Crippen LogP contribution in [0.3, 0.4) is 0 Å². The van der Waals surface area contributed by atoms with E-state index >= 15 is 0 Å². The van der Waals surface area contributed by atoms with Crippen molar-refractivity contribution in [1.82, 2.24) is 0 Å². The van der Waals surface area contributed by atoms with Gasteiger partial charge < -0.3 is 4.90 Å². The molecule has 4 bridgehead atoms. The second kappa shape index (κ2) is 9.62. The van der Waals surface area contributed by atoms with Crippen molar-refractivity contribution in [2.24, 2.45) is 23.7 Å². The van der Waals surface area contributed by atoms with Crippen LogP contribution in [0.1, 0.15) is 94.9 Å². The van der Waals surface area contributed by atoms with Gasteiger partial charge in [-0.1, -0.05) is 107 Å². The molecule has 5 aromatic rings. The van der Waals surface area contributed by atoms with Crippen molar-refractivity contribution in [1.29, 1.82) is 0 Å². The van der Waals surface area contributed by atoms with Gasteiger partial charge in [-0.3, -0.25) is 0 Å². The highest BCUT2D eigenvalue weighted by atomic mass is 15.1. The van der Waals surface area contributed by atoms with E-state index in [0.717, 1.165) is 23.7 Å². The maximum absolute atomic E-state index is 2.68. The molecule has 1 heteroatoms. The molecule has 1 spiro atoms. The van der Waals surface area contributed by atoms with Crippen LogP contribution < -0.4 is 4.90 Å². The highest BCUT2D eigenvalue weighted by Crippen LogP contribution is 2.69. The minimum atomic E-state index is 0.0832. The van der Waals surface area contributed by atoms with E-state index < -0.39 is 0 Å². The minimum absolute atomic E-state index is 0.0832. The largest absolute Gasteiger partial charge is 0.310 e. The van der Waals surface area contributed by atoms with E-state index in [0.29, 0.717) is 0 Å². The number of rotatable bonds is 3. The molecule has 0 saturated heterocycles. The van der Waals surface area contributed by atoms with Crippen LogP contribution in [0.2, 0.25) is 0 Å². The molecule has 0 aliphatic heterocycles. The number of nitrogens with zero attached hydrogens (tertiary/aromatic N) is 1. The van der Waals surface area contributed by atoms with Crippen molar-refractivity contribution < 1.29 is 0 Å². The number of fused-ring (bicyclic) bond motifs is 5. The van der Waals surface area contributed by atoms with Crippen molar-refractivity contribution in [3.8, 4) is 11.1 Å². The lowest BCUT2D eigenvalue weighted by Crippen LogP contribution is -2.55. The number of hydrogen-bond acceptors (Lipinski definition) is 1. The SMILES string of the molecule is CC1(C)CCC(C)(C)c2c(N(c3ccc4c(c3)C3(c5ccccc5-4)C4CC5CC(C4)CC3C5)c3cccc4ccccc34)cccc21. The monoisotopic (exact) mass is 613 g/mol. The third-order valence-electron chi connectivity index (χ3n) is 13.9. The standard InChI is InChI=1S/C46H47N/c1-44(2)21-22-45(3,4)43-39(44)16-10-18-42(43)47(41-17-9-12-31-11-5-6-13-35(31)41)34-19-20-37-36-14-7-8-15-38(36)46(40(37)28-34)32-24-29-23-30(26-32)27-33(46)25-29/h5-20,28-30,32-33H,21-27H2,1-4H3. The van der Waals surface area contributed by atoms with E-state index in [1.165, 1.54) is 95.0 Å². The van der Waals surface area contributed by atoms with Gasteiger partial charge in [0, 0.05) is 16.5 Å². The number of benzene rings is 5. The lowest BCUT2D eigenvalue weighted by atomic mass is 9.43. The van der Waals surface area contributed by atoms with Crippen LogP contribution in [0, 0.1) is 23.7 Å². The van der Waals surface area contributed by atoms with Crippen molar-refractivity contribution in [3.05, 3.63) is 125 Å². The van der Waals surface area contributed by atoms with Crippen LogP contribution in [0.15, 0.2) is 103 Å². The highest BCUT2D eigenvalue weighted by molar-refractivity contribution is 6.00. The number of anilines is 3. The summed E-state index contributed by atoms with van der Waals surface area (Å²) in [6, 6.07) is 40.2. The average Bonchev–Trinajstić information content (AvgIpc) is 3.36. The van der Waals surface area contributed by atoms with Gasteiger partial charge in [0.05, 0.1) is 11.4 Å². The normalized spacial score (nSPS) is 28.7. The molecule has 11 rings (SSSR count). The fourth-order valence-corrected chi connectivity index (χ4v) is 12.0. The molecule has 0 atom stereocenters. The molecule has 4 saturated carbocycles. The molecule has 1 nitrogen and oxygen atoms in total. The molecule has 0 unspecified atom stereocenters. The Bertz CT molecular complexity index is 2040. The molecule has 0 radical (unpaired) electrons. The van der Waals surface area contributed by atoms with Crippen LogP contribution in [0.25, 0.3) is 21.9 Å². The maximum Gasteiger partial charge on any atom is 0.0540 e. The first kappa shape index (κ1) is 28.2. The smallest absolute Gasteiger partial charge is 0.0540 e. The summed E-state index contributed by atoms with van der Waals surface area (Å²) in [5.41, 5.74) is 13.6. The predicted molar refractivity (Wildman–Crippen MR) is 197 cm³/mol. The summed E-state index contributed by atoms with van der Waals surface area (Å²) in [4.78, 5) is 2.66. The topological polar surface area (TPSA) is 3.24 Å². The summed E-state index contributed by atoms with van der Waals surface area (Å²) >= 11 is 0. The molecule has 0 heterocycles. The molecule has 47 heavy (non-hydrogen) atoms. The fourth-order valence-electron chi connectivity index (χ4n) is 12.0. The first-order chi connectivity index (χ1) is 22.8. The zero-order valence-corrected chi connectivity index (χ0v) is 28.5. The van der Waals surface area contributed by atoms with Crippen molar-refractivity contribution >= 4 is 27.8 Å². The summed E-state index contributed by atoms with van der Waals surface area (Å²) in [7, 11) is 0. The molecule has 236 valence electrons. The summed E-state index contributed by atoms with van der Waals surface area (Å²) in [5, 5.41) is 2.61. The molecular formula is C46H47N. The Kier molecular flexibility index (Phi) is 5.77. The van der Waals surface area contributed by atoms with Crippen LogP contribution in [0.4, 0.5) is 17.1 Å². The minimum Gasteiger partial charge on any atom is -0.310 e. The van der Waals surface area contributed by atoms with Crippen LogP contribution >= 0.6 is 0 Å². The molecule has 6 aliphatic carbocycles. The van der Waals surface area contributed by atoms with E-state index in [4.69, 9.17) is 0 Å². The van der Waals surface area contributed by atoms with Gasteiger partial charge in [0.1, 0.15) is 0 Å². The summed E-state index contributed by atoms with van der Waals surface area (Å²) < 4.78 is 0. The fraction of sp³-hybridized carbons (Fsp3) is 0.391. The van der Waals surface area contributed by atoms with Crippen molar-refractivity contribution in [3.63, 3.8) is 0 Å². The van der Waals surface area contributed by atoms with Gasteiger partial charge >= 0.3 is 0 Å². The first-order valence-corrected chi connectivity index (χ1v) is 18.4. The van der Waals surface area contributed by atoms with Gasteiger partial charge in [0.2, 0.25) is 0 Å². The van der Waals surface area contributed by atoms with Gasteiger partial charge in [-0.15, -0.1) is 0 Å². The average molecular weight is 614 g/mol. The molecule has 0 amide bonds. The summed E-state index contributed by atoms with van der Waals surface area (Å²) in [5.74, 6) is 3.39. The van der Waals surface area contributed by atoms with Crippen LogP contribution in [0.5, 0.6) is 0 Å². The Morgan fingerprint density at radius 1 is 0.532 bits per heavy atom. The Labute approximate surface area is 281 Å². The highest BCUT2D eigenvalue weighted by Gasteiger charge is 2.61. The maximum atomic E-state index is 2.68. The lowest BCUT2D eigenvalue weighted by molar-refractivity contribution is -0.0399. The zero-order chi connectivity index (χ0) is 31.7. The molecule has 6 aliphatic rings. The molecule has 0 aromatic heterocycles. The van der Waals surface area contributed by atoms with E-state index in [1.54, 1.807) is 11.1 Å². The lowest BCUT2D eigenvalue weighted by Gasteiger charge is -2.61. The summed E-state index contributed by atoms with van der Waals surface area (Å²) in [6.07, 6.45) is 9.54. The van der Waals surface area contributed by atoms with Gasteiger partial charge in [-0.05, 0) is 142 Å². The Balaban J connectivity index is 1.26. The second-order valence-corrected chi connectivity index (χ2v) is 17.3. The third-order valence-corrected chi connectivity index (χ3v) is 13.9. The van der Waals surface area contributed by atoms with Gasteiger partial charge in [-0.25, -0.2) is 0 Å². The zero-order valence-electron chi connectivity index (χ0n) is 28.5. The Morgan fingerprint density at radius 3 is 1.96 bits per heavy atom. The van der Waals surface area contributed by atoms with E-state index in [2.05, 4.69) is 136 Å². The molecule has 0 N–H and O–H groups in total. The van der Waals surface area contributed by atoms with Crippen molar-refractivity contribution in [2.45, 2.75) is 88.9 Å². The van der Waals surface area contributed by atoms with E-state index in [9.17, 15) is 0 Å². The Hall–Kier alpha value is -3.84. The van der Waals surface area contributed by atoms with Gasteiger partial charge in [-0.2, -0.15) is 0 Å².